The van der Waals surface area contributed by atoms with E-state index >= 15 is 0 Å². The molecule has 2 nitrogen and oxygen atoms in total. The Morgan fingerprint density at radius 2 is 2.09 bits per heavy atom. The van der Waals surface area contributed by atoms with Crippen LogP contribution in [0.4, 0.5) is 0 Å². The number of rotatable bonds is 3. The monoisotopic (exact) mass is 311 g/mol. The van der Waals surface area contributed by atoms with Gasteiger partial charge in [-0.15, -0.1) is 0 Å². The molecule has 1 aliphatic heterocycles. The zero-order chi connectivity index (χ0) is 15.4. The zero-order valence-electron chi connectivity index (χ0n) is 14.4. The number of ether oxygens (including phenoxy) is 1. The van der Waals surface area contributed by atoms with Gasteiger partial charge in [-0.1, -0.05) is 18.9 Å². The second-order valence-corrected chi connectivity index (χ2v) is 8.49. The molecular weight excluding hydrogens is 282 g/mol. The van der Waals surface area contributed by atoms with E-state index in [1.165, 1.54) is 64.5 Å². The van der Waals surface area contributed by atoms with Gasteiger partial charge in [-0.05, 0) is 80.2 Å². The van der Waals surface area contributed by atoms with Crippen LogP contribution in [0.25, 0.3) is 0 Å². The number of hydrogen-bond acceptors (Lipinski definition) is 2. The van der Waals surface area contributed by atoms with Gasteiger partial charge in [0.2, 0.25) is 0 Å². The van der Waals surface area contributed by atoms with E-state index in [9.17, 15) is 0 Å². The third-order valence-electron chi connectivity index (χ3n) is 7.35. The van der Waals surface area contributed by atoms with E-state index in [0.29, 0.717) is 5.41 Å². The Hall–Kier alpha value is -1.02. The summed E-state index contributed by atoms with van der Waals surface area (Å²) in [5.41, 5.74) is 3.74. The highest BCUT2D eigenvalue weighted by Gasteiger charge is 2.54. The van der Waals surface area contributed by atoms with E-state index in [1.54, 1.807) is 11.1 Å². The smallest absolute Gasteiger partial charge is 0.119 e. The predicted octanol–water partition coefficient (Wildman–Crippen LogP) is 4.16. The average Bonchev–Trinajstić information content (AvgIpc) is 3.41. The normalized spacial score (nSPS) is 36.2. The first kappa shape index (κ1) is 14.3. The SMILES string of the molecule is COc1ccc2c(c1)[C@@]13CCCCC1[C@@H](C2)N(CC1CC1)CC3. The first-order valence-electron chi connectivity index (χ1n) is 9.71. The maximum absolute atomic E-state index is 5.57. The van der Waals surface area contributed by atoms with Gasteiger partial charge in [0.1, 0.15) is 5.75 Å². The molecule has 1 unspecified atom stereocenters. The molecule has 2 bridgehead atoms. The molecule has 5 rings (SSSR count). The molecule has 1 aromatic rings. The van der Waals surface area contributed by atoms with Gasteiger partial charge < -0.3 is 4.74 Å². The van der Waals surface area contributed by atoms with Crippen molar-refractivity contribution in [2.75, 3.05) is 20.2 Å². The molecule has 1 aromatic carbocycles. The van der Waals surface area contributed by atoms with Gasteiger partial charge in [-0.25, -0.2) is 0 Å². The van der Waals surface area contributed by atoms with Crippen LogP contribution in [0.3, 0.4) is 0 Å². The highest BCUT2D eigenvalue weighted by atomic mass is 16.5. The van der Waals surface area contributed by atoms with Crippen LogP contribution in [0.5, 0.6) is 5.75 Å². The Morgan fingerprint density at radius 3 is 2.91 bits per heavy atom. The van der Waals surface area contributed by atoms with E-state index in [-0.39, 0.29) is 0 Å². The number of likely N-dealkylation sites (tertiary alicyclic amines) is 1. The van der Waals surface area contributed by atoms with E-state index in [2.05, 4.69) is 23.1 Å². The topological polar surface area (TPSA) is 12.5 Å². The zero-order valence-corrected chi connectivity index (χ0v) is 14.4. The number of piperidine rings is 1. The minimum Gasteiger partial charge on any atom is -0.497 e. The lowest BCUT2D eigenvalue weighted by molar-refractivity contribution is -0.0134. The maximum Gasteiger partial charge on any atom is 0.119 e. The summed E-state index contributed by atoms with van der Waals surface area (Å²) in [5, 5.41) is 0. The Balaban J connectivity index is 1.57. The fraction of sp³-hybridized carbons (Fsp3) is 0.714. The highest BCUT2D eigenvalue weighted by Crippen LogP contribution is 2.56. The first-order valence-corrected chi connectivity index (χ1v) is 9.71. The largest absolute Gasteiger partial charge is 0.497 e. The summed E-state index contributed by atoms with van der Waals surface area (Å²) in [6.45, 7) is 2.71. The lowest BCUT2D eigenvalue weighted by atomic mass is 9.52. The molecule has 23 heavy (non-hydrogen) atoms. The molecule has 3 atom stereocenters. The fourth-order valence-corrected chi connectivity index (χ4v) is 6.05. The summed E-state index contributed by atoms with van der Waals surface area (Å²) < 4.78 is 5.57. The lowest BCUT2D eigenvalue weighted by Gasteiger charge is -2.59. The lowest BCUT2D eigenvalue weighted by Crippen LogP contribution is -2.61. The first-order chi connectivity index (χ1) is 11.3. The van der Waals surface area contributed by atoms with Crippen molar-refractivity contribution in [3.63, 3.8) is 0 Å². The van der Waals surface area contributed by atoms with Crippen LogP contribution >= 0.6 is 0 Å². The molecule has 2 heteroatoms. The van der Waals surface area contributed by atoms with E-state index in [0.717, 1.165) is 23.6 Å². The number of nitrogens with zero attached hydrogens (tertiary/aromatic N) is 1. The molecule has 2 saturated carbocycles. The minimum atomic E-state index is 0.463. The van der Waals surface area contributed by atoms with Gasteiger partial charge in [0.05, 0.1) is 7.11 Å². The van der Waals surface area contributed by atoms with Crippen molar-refractivity contribution in [1.29, 1.82) is 0 Å². The molecule has 3 aliphatic carbocycles. The summed E-state index contributed by atoms with van der Waals surface area (Å²) in [7, 11) is 1.81. The van der Waals surface area contributed by atoms with Crippen LogP contribution in [0.1, 0.15) is 56.1 Å². The number of benzene rings is 1. The van der Waals surface area contributed by atoms with Gasteiger partial charge in [0.15, 0.2) is 0 Å². The maximum atomic E-state index is 5.57. The van der Waals surface area contributed by atoms with Crippen molar-refractivity contribution in [2.24, 2.45) is 11.8 Å². The second kappa shape index (κ2) is 5.24. The summed E-state index contributed by atoms with van der Waals surface area (Å²) in [6, 6.07) is 7.75. The average molecular weight is 311 g/mol. The third-order valence-corrected chi connectivity index (χ3v) is 7.35. The molecular formula is C21H29NO. The molecule has 1 heterocycles. The van der Waals surface area contributed by atoms with Crippen LogP contribution in [0, 0.1) is 11.8 Å². The molecule has 0 radical (unpaired) electrons. The van der Waals surface area contributed by atoms with E-state index in [4.69, 9.17) is 4.74 Å². The number of methoxy groups -OCH3 is 1. The minimum absolute atomic E-state index is 0.463. The molecule has 4 aliphatic rings. The van der Waals surface area contributed by atoms with Crippen molar-refractivity contribution < 1.29 is 4.74 Å². The van der Waals surface area contributed by atoms with Crippen LogP contribution < -0.4 is 4.74 Å². The van der Waals surface area contributed by atoms with Gasteiger partial charge in [-0.3, -0.25) is 4.90 Å². The van der Waals surface area contributed by atoms with Crippen molar-refractivity contribution in [1.82, 2.24) is 4.90 Å². The molecule has 0 amide bonds. The summed E-state index contributed by atoms with van der Waals surface area (Å²) in [6.07, 6.45) is 11.3. The van der Waals surface area contributed by atoms with Crippen LogP contribution in [0.15, 0.2) is 18.2 Å². The molecule has 1 saturated heterocycles. The molecule has 0 aromatic heterocycles. The Bertz CT molecular complexity index is 608. The van der Waals surface area contributed by atoms with E-state index in [1.807, 2.05) is 7.11 Å². The number of fused-ring (bicyclic) bond motifs is 1. The van der Waals surface area contributed by atoms with Gasteiger partial charge >= 0.3 is 0 Å². The summed E-state index contributed by atoms with van der Waals surface area (Å²) >= 11 is 0. The van der Waals surface area contributed by atoms with Crippen LogP contribution in [0.2, 0.25) is 0 Å². The standard InChI is InChI=1S/C21H29NO/c1-23-17-8-7-16-12-20-18-4-2-3-9-21(18,19(16)13-17)10-11-22(20)14-15-5-6-15/h7-8,13,15,18,20H,2-6,9-12,14H2,1H3/t18?,20-,21-/m1/s1. The second-order valence-electron chi connectivity index (χ2n) is 8.49. The number of hydrogen-bond donors (Lipinski definition) is 0. The molecule has 0 spiro atoms. The Labute approximate surface area is 140 Å². The van der Waals surface area contributed by atoms with Gasteiger partial charge in [-0.2, -0.15) is 0 Å². The molecule has 124 valence electrons. The molecule has 0 N–H and O–H groups in total. The molecule has 3 fully saturated rings. The Morgan fingerprint density at radius 1 is 1.17 bits per heavy atom. The third kappa shape index (κ3) is 2.17. The van der Waals surface area contributed by atoms with Crippen molar-refractivity contribution in [3.05, 3.63) is 29.3 Å². The predicted molar refractivity (Wildman–Crippen MR) is 93.0 cm³/mol. The highest BCUT2D eigenvalue weighted by molar-refractivity contribution is 5.45. The summed E-state index contributed by atoms with van der Waals surface area (Å²) in [5.74, 6) is 2.97. The Kier molecular flexibility index (Phi) is 3.27. The van der Waals surface area contributed by atoms with Crippen molar-refractivity contribution in [3.8, 4) is 5.75 Å². The van der Waals surface area contributed by atoms with Crippen LogP contribution in [-0.4, -0.2) is 31.1 Å². The van der Waals surface area contributed by atoms with Crippen molar-refractivity contribution >= 4 is 0 Å². The van der Waals surface area contributed by atoms with Gasteiger partial charge in [0.25, 0.3) is 0 Å². The van der Waals surface area contributed by atoms with Gasteiger partial charge in [0, 0.05) is 18.0 Å². The van der Waals surface area contributed by atoms with Crippen LogP contribution in [-0.2, 0) is 11.8 Å². The fourth-order valence-electron chi connectivity index (χ4n) is 6.05. The quantitative estimate of drug-likeness (QED) is 0.831. The van der Waals surface area contributed by atoms with Crippen molar-refractivity contribution in [2.45, 2.75) is 62.8 Å². The van der Waals surface area contributed by atoms with E-state index < -0.39 is 0 Å². The summed E-state index contributed by atoms with van der Waals surface area (Å²) in [4.78, 5) is 2.89.